The van der Waals surface area contributed by atoms with Crippen LogP contribution in [0.25, 0.3) is 0 Å². The zero-order chi connectivity index (χ0) is 13.2. The average Bonchev–Trinajstić information content (AvgIpc) is 2.57. The summed E-state index contributed by atoms with van der Waals surface area (Å²) in [7, 11) is 2.07. The van der Waals surface area contributed by atoms with Crippen molar-refractivity contribution in [1.82, 2.24) is 4.90 Å². The highest BCUT2D eigenvalue weighted by atomic mass is 16.5. The summed E-state index contributed by atoms with van der Waals surface area (Å²) in [6.07, 6.45) is 4.05. The lowest BCUT2D eigenvalue weighted by Gasteiger charge is -2.36. The van der Waals surface area contributed by atoms with Gasteiger partial charge in [0.2, 0.25) is 0 Å². The molecule has 0 aliphatic carbocycles. The molecule has 0 amide bonds. The molecule has 2 fully saturated rings. The maximum absolute atomic E-state index is 10.5. The van der Waals surface area contributed by atoms with Crippen molar-refractivity contribution in [3.8, 4) is 0 Å². The van der Waals surface area contributed by atoms with Gasteiger partial charge in [0.25, 0.3) is 0 Å². The van der Waals surface area contributed by atoms with E-state index >= 15 is 0 Å². The van der Waals surface area contributed by atoms with Gasteiger partial charge in [-0.3, -0.25) is 0 Å². The molecule has 2 rings (SSSR count). The standard InChI is InChI=1S/C14H27NO3/c1-13(2)5-4-12(18-13)10-15(3)11-14(16)6-8-17-9-7-14/h12,16H,4-11H2,1-3H3. The molecule has 0 aromatic rings. The van der Waals surface area contributed by atoms with Crippen LogP contribution in [0.15, 0.2) is 0 Å². The van der Waals surface area contributed by atoms with E-state index in [1.165, 1.54) is 0 Å². The molecule has 2 aliphatic heterocycles. The smallest absolute Gasteiger partial charge is 0.0817 e. The second kappa shape index (κ2) is 5.45. The zero-order valence-electron chi connectivity index (χ0n) is 11.9. The predicted octanol–water partition coefficient (Wildman–Crippen LogP) is 1.42. The fourth-order valence-electron chi connectivity index (χ4n) is 3.03. The van der Waals surface area contributed by atoms with Gasteiger partial charge in [-0.1, -0.05) is 0 Å². The van der Waals surface area contributed by atoms with E-state index < -0.39 is 5.60 Å². The Hall–Kier alpha value is -0.160. The number of rotatable bonds is 4. The Morgan fingerprint density at radius 1 is 1.22 bits per heavy atom. The van der Waals surface area contributed by atoms with Crippen LogP contribution in [0.2, 0.25) is 0 Å². The van der Waals surface area contributed by atoms with Gasteiger partial charge in [0.05, 0.1) is 17.3 Å². The van der Waals surface area contributed by atoms with E-state index in [1.54, 1.807) is 0 Å². The van der Waals surface area contributed by atoms with Crippen LogP contribution in [0, 0.1) is 0 Å². The Bertz CT molecular complexity index is 274. The first kappa shape index (κ1) is 14.3. The third-order valence-corrected chi connectivity index (χ3v) is 4.06. The molecule has 0 aromatic heterocycles. The lowest BCUT2D eigenvalue weighted by atomic mass is 9.94. The van der Waals surface area contributed by atoms with Crippen molar-refractivity contribution in [2.45, 2.75) is 56.8 Å². The SMILES string of the molecule is CN(CC1CCC(C)(C)O1)CC1(O)CCOCC1. The summed E-state index contributed by atoms with van der Waals surface area (Å²) < 4.78 is 11.3. The first-order chi connectivity index (χ1) is 8.39. The molecule has 2 heterocycles. The van der Waals surface area contributed by atoms with Gasteiger partial charge >= 0.3 is 0 Å². The minimum Gasteiger partial charge on any atom is -0.388 e. The van der Waals surface area contributed by atoms with Gasteiger partial charge in [-0.25, -0.2) is 0 Å². The van der Waals surface area contributed by atoms with E-state index in [0.29, 0.717) is 19.3 Å². The Morgan fingerprint density at radius 2 is 1.89 bits per heavy atom. The van der Waals surface area contributed by atoms with Crippen molar-refractivity contribution < 1.29 is 14.6 Å². The van der Waals surface area contributed by atoms with E-state index in [0.717, 1.165) is 38.8 Å². The second-order valence-electron chi connectivity index (χ2n) is 6.57. The number of likely N-dealkylation sites (N-methyl/N-ethyl adjacent to an activating group) is 1. The van der Waals surface area contributed by atoms with Crippen molar-refractivity contribution >= 4 is 0 Å². The van der Waals surface area contributed by atoms with Crippen molar-refractivity contribution in [1.29, 1.82) is 0 Å². The number of nitrogens with zero attached hydrogens (tertiary/aromatic N) is 1. The normalized spacial score (nSPS) is 30.8. The molecule has 1 atom stereocenters. The summed E-state index contributed by atoms with van der Waals surface area (Å²) in [5.74, 6) is 0. The van der Waals surface area contributed by atoms with E-state index in [-0.39, 0.29) is 5.60 Å². The third kappa shape index (κ3) is 3.92. The van der Waals surface area contributed by atoms with Crippen molar-refractivity contribution in [2.75, 3.05) is 33.4 Å². The van der Waals surface area contributed by atoms with E-state index in [1.807, 2.05) is 0 Å². The van der Waals surface area contributed by atoms with Gasteiger partial charge in [0, 0.05) is 39.1 Å². The highest BCUT2D eigenvalue weighted by Gasteiger charge is 2.35. The van der Waals surface area contributed by atoms with Crippen molar-refractivity contribution in [3.05, 3.63) is 0 Å². The molecule has 1 N–H and O–H groups in total. The average molecular weight is 257 g/mol. The summed E-state index contributed by atoms with van der Waals surface area (Å²) in [6.45, 7) is 7.29. The number of hydrogen-bond acceptors (Lipinski definition) is 4. The highest BCUT2D eigenvalue weighted by Crippen LogP contribution is 2.30. The molecule has 106 valence electrons. The largest absolute Gasteiger partial charge is 0.388 e. The molecule has 18 heavy (non-hydrogen) atoms. The van der Waals surface area contributed by atoms with Gasteiger partial charge in [-0.2, -0.15) is 0 Å². The van der Waals surface area contributed by atoms with Gasteiger partial charge in [-0.15, -0.1) is 0 Å². The van der Waals surface area contributed by atoms with Crippen LogP contribution >= 0.6 is 0 Å². The number of hydrogen-bond donors (Lipinski definition) is 1. The molecule has 0 spiro atoms. The van der Waals surface area contributed by atoms with Gasteiger partial charge in [0.1, 0.15) is 0 Å². The molecule has 2 saturated heterocycles. The van der Waals surface area contributed by atoms with Crippen LogP contribution in [-0.4, -0.2) is 60.7 Å². The maximum atomic E-state index is 10.5. The van der Waals surface area contributed by atoms with Crippen LogP contribution in [0.5, 0.6) is 0 Å². The minimum atomic E-state index is -0.568. The molecule has 4 nitrogen and oxygen atoms in total. The molecular formula is C14H27NO3. The molecule has 2 aliphatic rings. The summed E-state index contributed by atoms with van der Waals surface area (Å²) in [6, 6.07) is 0. The minimum absolute atomic E-state index is 0.0289. The molecule has 4 heteroatoms. The van der Waals surface area contributed by atoms with Gasteiger partial charge < -0.3 is 19.5 Å². The zero-order valence-corrected chi connectivity index (χ0v) is 11.9. The van der Waals surface area contributed by atoms with Crippen LogP contribution < -0.4 is 0 Å². The molecule has 0 radical (unpaired) electrons. The van der Waals surface area contributed by atoms with E-state index in [4.69, 9.17) is 9.47 Å². The first-order valence-electron chi connectivity index (χ1n) is 7.05. The molecule has 1 unspecified atom stereocenters. The van der Waals surface area contributed by atoms with Gasteiger partial charge in [-0.05, 0) is 33.7 Å². The fraction of sp³-hybridized carbons (Fsp3) is 1.00. The quantitative estimate of drug-likeness (QED) is 0.827. The Balaban J connectivity index is 1.76. The van der Waals surface area contributed by atoms with E-state index in [9.17, 15) is 5.11 Å². The summed E-state index contributed by atoms with van der Waals surface area (Å²) in [5.41, 5.74) is -0.539. The Kier molecular flexibility index (Phi) is 4.32. The predicted molar refractivity (Wildman–Crippen MR) is 70.7 cm³/mol. The van der Waals surface area contributed by atoms with Crippen LogP contribution in [-0.2, 0) is 9.47 Å². The summed E-state index contributed by atoms with van der Waals surface area (Å²) in [5, 5.41) is 10.5. The molecule has 0 aromatic carbocycles. The third-order valence-electron chi connectivity index (χ3n) is 4.06. The van der Waals surface area contributed by atoms with Gasteiger partial charge in [0.15, 0.2) is 0 Å². The topological polar surface area (TPSA) is 41.9 Å². The summed E-state index contributed by atoms with van der Waals surface area (Å²) in [4.78, 5) is 2.21. The molecule has 0 bridgehead atoms. The highest BCUT2D eigenvalue weighted by molar-refractivity contribution is 4.87. The van der Waals surface area contributed by atoms with Crippen LogP contribution in [0.1, 0.15) is 39.5 Å². The number of aliphatic hydroxyl groups is 1. The van der Waals surface area contributed by atoms with Crippen LogP contribution in [0.3, 0.4) is 0 Å². The van der Waals surface area contributed by atoms with E-state index in [2.05, 4.69) is 25.8 Å². The second-order valence-corrected chi connectivity index (χ2v) is 6.57. The van der Waals surface area contributed by atoms with Crippen LogP contribution in [0.4, 0.5) is 0 Å². The van der Waals surface area contributed by atoms with Crippen molar-refractivity contribution in [3.63, 3.8) is 0 Å². The molecule has 0 saturated carbocycles. The summed E-state index contributed by atoms with van der Waals surface area (Å²) >= 11 is 0. The lowest BCUT2D eigenvalue weighted by Crippen LogP contribution is -2.47. The monoisotopic (exact) mass is 257 g/mol. The Labute approximate surface area is 110 Å². The van der Waals surface area contributed by atoms with Crippen molar-refractivity contribution in [2.24, 2.45) is 0 Å². The first-order valence-corrected chi connectivity index (χ1v) is 7.05. The lowest BCUT2D eigenvalue weighted by molar-refractivity contribution is -0.0848. The Morgan fingerprint density at radius 3 is 2.44 bits per heavy atom. The fourth-order valence-corrected chi connectivity index (χ4v) is 3.03. The maximum Gasteiger partial charge on any atom is 0.0817 e. The number of ether oxygens (including phenoxy) is 2. The molecular weight excluding hydrogens is 230 g/mol.